The lowest BCUT2D eigenvalue weighted by Gasteiger charge is -2.54. The zero-order valence-electron chi connectivity index (χ0n) is 11.7. The monoisotopic (exact) mass is 272 g/mol. The third kappa shape index (κ3) is 1.51. The molecule has 0 aromatic carbocycles. The zero-order valence-corrected chi connectivity index (χ0v) is 11.7. The van der Waals surface area contributed by atoms with Gasteiger partial charge in [0.2, 0.25) is 0 Å². The Morgan fingerprint density at radius 1 is 1.15 bits per heavy atom. The van der Waals surface area contributed by atoms with Crippen LogP contribution in [0.15, 0.2) is 23.3 Å². The van der Waals surface area contributed by atoms with Crippen LogP contribution < -0.4 is 5.32 Å². The minimum absolute atomic E-state index is 0.00282. The number of nitrogens with one attached hydrogen (secondary N) is 1. The van der Waals surface area contributed by atoms with E-state index in [0.29, 0.717) is 5.57 Å². The molecular formula is C16H20N2O2. The number of imide groups is 1. The smallest absolute Gasteiger partial charge is 0.261 e. The first-order chi connectivity index (χ1) is 9.73. The van der Waals surface area contributed by atoms with Gasteiger partial charge in [-0.05, 0) is 57.0 Å². The molecule has 2 aliphatic carbocycles. The van der Waals surface area contributed by atoms with E-state index >= 15 is 0 Å². The van der Waals surface area contributed by atoms with E-state index in [9.17, 15) is 9.59 Å². The zero-order chi connectivity index (χ0) is 13.7. The van der Waals surface area contributed by atoms with Crippen molar-refractivity contribution in [1.82, 2.24) is 10.2 Å². The van der Waals surface area contributed by atoms with Crippen LogP contribution in [0, 0.1) is 5.41 Å². The summed E-state index contributed by atoms with van der Waals surface area (Å²) in [6, 6.07) is 0.142. The Kier molecular flexibility index (Phi) is 2.64. The van der Waals surface area contributed by atoms with Crippen LogP contribution >= 0.6 is 0 Å². The highest BCUT2D eigenvalue weighted by Gasteiger charge is 2.55. The second-order valence-corrected chi connectivity index (χ2v) is 6.48. The predicted molar refractivity (Wildman–Crippen MR) is 74.8 cm³/mol. The summed E-state index contributed by atoms with van der Waals surface area (Å²) in [7, 11) is 0. The maximum absolute atomic E-state index is 12.6. The van der Waals surface area contributed by atoms with Crippen molar-refractivity contribution in [2.45, 2.75) is 44.6 Å². The summed E-state index contributed by atoms with van der Waals surface area (Å²) in [4.78, 5) is 26.8. The summed E-state index contributed by atoms with van der Waals surface area (Å²) >= 11 is 0. The average molecular weight is 272 g/mol. The number of rotatable bonds is 1. The van der Waals surface area contributed by atoms with Crippen LogP contribution in [0.2, 0.25) is 0 Å². The summed E-state index contributed by atoms with van der Waals surface area (Å²) in [5.74, 6) is -0.0412. The maximum Gasteiger partial charge on any atom is 0.261 e. The molecule has 2 aliphatic heterocycles. The van der Waals surface area contributed by atoms with E-state index in [1.807, 2.05) is 12.2 Å². The lowest BCUT2D eigenvalue weighted by molar-refractivity contribution is -0.151. The van der Waals surface area contributed by atoms with Gasteiger partial charge in [-0.1, -0.05) is 12.2 Å². The van der Waals surface area contributed by atoms with Gasteiger partial charge in [-0.2, -0.15) is 0 Å². The molecule has 1 saturated carbocycles. The third-order valence-corrected chi connectivity index (χ3v) is 5.63. The molecule has 1 spiro atoms. The van der Waals surface area contributed by atoms with Crippen LogP contribution in [0.1, 0.15) is 38.5 Å². The van der Waals surface area contributed by atoms with Crippen LogP contribution in [0.3, 0.4) is 0 Å². The van der Waals surface area contributed by atoms with Crippen LogP contribution in [-0.4, -0.2) is 35.8 Å². The van der Waals surface area contributed by atoms with Gasteiger partial charge in [-0.15, -0.1) is 0 Å². The van der Waals surface area contributed by atoms with Crippen LogP contribution in [0.5, 0.6) is 0 Å². The SMILES string of the molecule is O=C1C2=C(CCC=C2)C(=O)N1C1CCC12CCNCC2. The summed E-state index contributed by atoms with van der Waals surface area (Å²) in [6.45, 7) is 2.03. The Balaban J connectivity index is 1.63. The van der Waals surface area contributed by atoms with Gasteiger partial charge in [0.05, 0.1) is 0 Å². The van der Waals surface area contributed by atoms with E-state index in [4.69, 9.17) is 0 Å². The van der Waals surface area contributed by atoms with E-state index in [1.54, 1.807) is 4.90 Å². The fourth-order valence-corrected chi connectivity index (χ4v) is 4.33. The van der Waals surface area contributed by atoms with Crippen LogP contribution in [0.25, 0.3) is 0 Å². The fraction of sp³-hybridized carbons (Fsp3) is 0.625. The number of hydrogen-bond acceptors (Lipinski definition) is 3. The van der Waals surface area contributed by atoms with Crippen molar-refractivity contribution < 1.29 is 9.59 Å². The quantitative estimate of drug-likeness (QED) is 0.737. The molecule has 0 aromatic heterocycles. The highest BCUT2D eigenvalue weighted by Crippen LogP contribution is 2.52. The minimum Gasteiger partial charge on any atom is -0.317 e. The Bertz CT molecular complexity index is 541. The van der Waals surface area contributed by atoms with Crippen molar-refractivity contribution in [2.75, 3.05) is 13.1 Å². The van der Waals surface area contributed by atoms with Crippen molar-refractivity contribution >= 4 is 11.8 Å². The number of carbonyl (C=O) groups excluding carboxylic acids is 2. The van der Waals surface area contributed by atoms with E-state index in [2.05, 4.69) is 5.32 Å². The first-order valence-electron chi connectivity index (χ1n) is 7.71. The molecule has 0 aromatic rings. The molecule has 4 nitrogen and oxygen atoms in total. The molecule has 4 heteroatoms. The van der Waals surface area contributed by atoms with Crippen molar-refractivity contribution in [3.8, 4) is 0 Å². The summed E-state index contributed by atoms with van der Waals surface area (Å²) in [5, 5.41) is 3.38. The summed E-state index contributed by atoms with van der Waals surface area (Å²) < 4.78 is 0. The van der Waals surface area contributed by atoms with Crippen LogP contribution in [0.4, 0.5) is 0 Å². The van der Waals surface area contributed by atoms with Gasteiger partial charge >= 0.3 is 0 Å². The lowest BCUT2D eigenvalue weighted by Crippen LogP contribution is -2.60. The van der Waals surface area contributed by atoms with E-state index in [-0.39, 0.29) is 23.3 Å². The summed E-state index contributed by atoms with van der Waals surface area (Å²) in [6.07, 6.45) is 9.81. The average Bonchev–Trinajstić information content (AvgIpc) is 2.73. The molecule has 106 valence electrons. The van der Waals surface area contributed by atoms with E-state index in [0.717, 1.165) is 57.2 Å². The largest absolute Gasteiger partial charge is 0.317 e. The van der Waals surface area contributed by atoms with Gasteiger partial charge in [-0.25, -0.2) is 0 Å². The molecule has 4 aliphatic rings. The molecule has 1 unspecified atom stereocenters. The van der Waals surface area contributed by atoms with Gasteiger partial charge in [-0.3, -0.25) is 14.5 Å². The van der Waals surface area contributed by atoms with Gasteiger partial charge in [0, 0.05) is 17.2 Å². The van der Waals surface area contributed by atoms with Crippen molar-refractivity contribution in [2.24, 2.45) is 5.41 Å². The maximum atomic E-state index is 12.6. The molecule has 0 bridgehead atoms. The number of piperidine rings is 1. The third-order valence-electron chi connectivity index (χ3n) is 5.63. The van der Waals surface area contributed by atoms with Crippen molar-refractivity contribution in [1.29, 1.82) is 0 Å². The molecule has 1 N–H and O–H groups in total. The normalized spacial score (nSPS) is 31.8. The number of nitrogens with zero attached hydrogens (tertiary/aromatic N) is 1. The lowest BCUT2D eigenvalue weighted by atomic mass is 9.59. The van der Waals surface area contributed by atoms with Gasteiger partial charge in [0.25, 0.3) is 11.8 Å². The topological polar surface area (TPSA) is 49.4 Å². The van der Waals surface area contributed by atoms with Crippen molar-refractivity contribution in [3.05, 3.63) is 23.3 Å². The van der Waals surface area contributed by atoms with Crippen molar-refractivity contribution in [3.63, 3.8) is 0 Å². The summed E-state index contributed by atoms with van der Waals surface area (Å²) in [5.41, 5.74) is 1.63. The Morgan fingerprint density at radius 3 is 2.60 bits per heavy atom. The highest BCUT2D eigenvalue weighted by molar-refractivity contribution is 6.21. The Labute approximate surface area is 118 Å². The molecular weight excluding hydrogens is 252 g/mol. The van der Waals surface area contributed by atoms with E-state index in [1.165, 1.54) is 0 Å². The molecule has 2 heterocycles. The second kappa shape index (κ2) is 4.29. The Morgan fingerprint density at radius 2 is 1.95 bits per heavy atom. The Hall–Kier alpha value is -1.42. The van der Waals surface area contributed by atoms with E-state index < -0.39 is 0 Å². The number of allylic oxidation sites excluding steroid dienone is 1. The molecule has 1 atom stereocenters. The standard InChI is InChI=1S/C16H20N2O2/c19-14-11-3-1-2-4-12(11)15(20)18(14)13-5-6-16(13)7-9-17-10-8-16/h1,3,13,17H,2,4-10H2. The van der Waals surface area contributed by atoms with Gasteiger partial charge in [0.1, 0.15) is 0 Å². The predicted octanol–water partition coefficient (Wildman–Crippen LogP) is 1.53. The minimum atomic E-state index is -0.0384. The molecule has 20 heavy (non-hydrogen) atoms. The second-order valence-electron chi connectivity index (χ2n) is 6.48. The van der Waals surface area contributed by atoms with Gasteiger partial charge < -0.3 is 5.32 Å². The highest BCUT2D eigenvalue weighted by atomic mass is 16.2. The fourth-order valence-electron chi connectivity index (χ4n) is 4.33. The first-order valence-corrected chi connectivity index (χ1v) is 7.71. The number of carbonyl (C=O) groups is 2. The molecule has 2 fully saturated rings. The number of amides is 2. The molecule has 1 saturated heterocycles. The number of hydrogen-bond donors (Lipinski definition) is 1. The first kappa shape index (κ1) is 12.3. The molecule has 4 rings (SSSR count). The van der Waals surface area contributed by atoms with Gasteiger partial charge in [0.15, 0.2) is 0 Å². The van der Waals surface area contributed by atoms with Crippen LogP contribution in [-0.2, 0) is 9.59 Å². The molecule has 0 radical (unpaired) electrons. The molecule has 2 amide bonds.